The fourth-order valence-corrected chi connectivity index (χ4v) is 3.21. The number of hydrogen-bond acceptors (Lipinski definition) is 2. The third-order valence-corrected chi connectivity index (χ3v) is 4.50. The molecule has 4 aromatic rings. The van der Waals surface area contributed by atoms with Gasteiger partial charge in [0.25, 0.3) is 0 Å². The molecular weight excluding hydrogens is 307 g/mol. The van der Waals surface area contributed by atoms with Gasteiger partial charge in [0.05, 0.1) is 0 Å². The van der Waals surface area contributed by atoms with Gasteiger partial charge in [-0.2, -0.15) is 0 Å². The Morgan fingerprint density at radius 3 is 1.76 bits per heavy atom. The van der Waals surface area contributed by atoms with Crippen LogP contribution in [0.4, 0.5) is 0 Å². The summed E-state index contributed by atoms with van der Waals surface area (Å²) >= 11 is 0. The first-order chi connectivity index (χ1) is 12.2. The molecule has 0 atom stereocenters. The Kier molecular flexibility index (Phi) is 4.10. The molecule has 0 aromatic heterocycles. The van der Waals surface area contributed by atoms with Crippen LogP contribution >= 0.6 is 0 Å². The number of fused-ring (bicyclic) bond motifs is 1. The van der Waals surface area contributed by atoms with Gasteiger partial charge in [0, 0.05) is 0 Å². The molecule has 0 unspecified atom stereocenters. The highest BCUT2D eigenvalue weighted by Gasteiger charge is 2.16. The van der Waals surface area contributed by atoms with Crippen molar-refractivity contribution >= 4 is 23.4 Å². The van der Waals surface area contributed by atoms with E-state index >= 15 is 0 Å². The molecule has 25 heavy (non-hydrogen) atoms. The molecule has 0 saturated heterocycles. The lowest BCUT2D eigenvalue weighted by Gasteiger charge is -2.11. The van der Waals surface area contributed by atoms with Crippen molar-refractivity contribution in [2.24, 2.45) is 0 Å². The van der Waals surface area contributed by atoms with Gasteiger partial charge in [-0.25, -0.2) is 0 Å². The standard InChI is InChI=1S/C22H17BO2/c24-23(25)22-15-20(14-19-8-4-5-9-21(19)22)18-12-10-17(11-13-18)16-6-2-1-3-7-16/h1-15,24-25H. The highest BCUT2D eigenvalue weighted by Crippen LogP contribution is 2.26. The lowest BCUT2D eigenvalue weighted by molar-refractivity contribution is 0.426. The quantitative estimate of drug-likeness (QED) is 0.562. The van der Waals surface area contributed by atoms with Crippen molar-refractivity contribution < 1.29 is 10.0 Å². The molecule has 0 bridgehead atoms. The average molecular weight is 324 g/mol. The van der Waals surface area contributed by atoms with E-state index in [2.05, 4.69) is 42.5 Å². The monoisotopic (exact) mass is 324 g/mol. The maximum atomic E-state index is 9.74. The van der Waals surface area contributed by atoms with Crippen molar-refractivity contribution in [1.82, 2.24) is 0 Å². The molecule has 0 spiro atoms. The van der Waals surface area contributed by atoms with Crippen LogP contribution in [0.2, 0.25) is 0 Å². The highest BCUT2D eigenvalue weighted by atomic mass is 16.4. The van der Waals surface area contributed by atoms with Crippen LogP contribution < -0.4 is 5.46 Å². The molecule has 0 saturated carbocycles. The smallest absolute Gasteiger partial charge is 0.423 e. The maximum absolute atomic E-state index is 9.74. The van der Waals surface area contributed by atoms with Gasteiger partial charge in [0.2, 0.25) is 0 Å². The van der Waals surface area contributed by atoms with Crippen molar-refractivity contribution in [3.63, 3.8) is 0 Å². The minimum absolute atomic E-state index is 0.528. The predicted octanol–water partition coefficient (Wildman–Crippen LogP) is 3.85. The van der Waals surface area contributed by atoms with E-state index in [1.807, 2.05) is 48.5 Å². The third kappa shape index (κ3) is 3.08. The van der Waals surface area contributed by atoms with Crippen LogP contribution in [-0.4, -0.2) is 17.2 Å². The van der Waals surface area contributed by atoms with Crippen LogP contribution in [0.15, 0.2) is 91.0 Å². The Labute approximate surface area is 147 Å². The van der Waals surface area contributed by atoms with Gasteiger partial charge in [0.1, 0.15) is 0 Å². The zero-order chi connectivity index (χ0) is 17.2. The van der Waals surface area contributed by atoms with Crippen molar-refractivity contribution in [2.75, 3.05) is 0 Å². The van der Waals surface area contributed by atoms with E-state index in [4.69, 9.17) is 0 Å². The Morgan fingerprint density at radius 2 is 1.08 bits per heavy atom. The molecule has 0 fully saturated rings. The van der Waals surface area contributed by atoms with Crippen molar-refractivity contribution in [1.29, 1.82) is 0 Å². The summed E-state index contributed by atoms with van der Waals surface area (Å²) in [4.78, 5) is 0. The van der Waals surface area contributed by atoms with Crippen LogP contribution in [0.1, 0.15) is 0 Å². The first-order valence-corrected chi connectivity index (χ1v) is 8.27. The van der Waals surface area contributed by atoms with Gasteiger partial charge in [-0.1, -0.05) is 84.9 Å². The molecule has 0 aliphatic rings. The van der Waals surface area contributed by atoms with Gasteiger partial charge < -0.3 is 10.0 Å². The average Bonchev–Trinajstić information content (AvgIpc) is 2.68. The summed E-state index contributed by atoms with van der Waals surface area (Å²) in [6.07, 6.45) is 0. The molecule has 4 aromatic carbocycles. The second-order valence-electron chi connectivity index (χ2n) is 6.10. The fraction of sp³-hybridized carbons (Fsp3) is 0. The molecule has 0 aliphatic carbocycles. The van der Waals surface area contributed by atoms with E-state index in [9.17, 15) is 10.0 Å². The normalized spacial score (nSPS) is 10.8. The lowest BCUT2D eigenvalue weighted by atomic mass is 9.75. The van der Waals surface area contributed by atoms with Crippen LogP contribution in [0.5, 0.6) is 0 Å². The first kappa shape index (κ1) is 15.6. The van der Waals surface area contributed by atoms with Gasteiger partial charge in [-0.05, 0) is 44.6 Å². The summed E-state index contributed by atoms with van der Waals surface area (Å²) in [6, 6.07) is 30.3. The summed E-state index contributed by atoms with van der Waals surface area (Å²) in [5.74, 6) is 0. The highest BCUT2D eigenvalue weighted by molar-refractivity contribution is 6.62. The van der Waals surface area contributed by atoms with Gasteiger partial charge in [0.15, 0.2) is 0 Å². The molecule has 3 heteroatoms. The van der Waals surface area contributed by atoms with E-state index in [-0.39, 0.29) is 0 Å². The minimum Gasteiger partial charge on any atom is -0.423 e. The summed E-state index contributed by atoms with van der Waals surface area (Å²) in [7, 11) is -1.49. The van der Waals surface area contributed by atoms with Gasteiger partial charge in [-0.3, -0.25) is 0 Å². The first-order valence-electron chi connectivity index (χ1n) is 8.27. The topological polar surface area (TPSA) is 40.5 Å². The molecule has 0 radical (unpaired) electrons. The number of rotatable bonds is 3. The van der Waals surface area contributed by atoms with E-state index in [1.54, 1.807) is 0 Å². The second kappa shape index (κ2) is 6.56. The van der Waals surface area contributed by atoms with E-state index in [0.717, 1.165) is 27.5 Å². The minimum atomic E-state index is -1.49. The van der Waals surface area contributed by atoms with Crippen LogP contribution in [0.25, 0.3) is 33.0 Å². The molecular formula is C22H17BO2. The van der Waals surface area contributed by atoms with Crippen LogP contribution in [-0.2, 0) is 0 Å². The number of benzene rings is 4. The zero-order valence-electron chi connectivity index (χ0n) is 13.6. The fourth-order valence-electron chi connectivity index (χ4n) is 3.21. The molecule has 0 heterocycles. The molecule has 2 nitrogen and oxygen atoms in total. The van der Waals surface area contributed by atoms with E-state index < -0.39 is 7.12 Å². The Hall–Kier alpha value is -2.88. The van der Waals surface area contributed by atoms with Gasteiger partial charge >= 0.3 is 7.12 Å². The molecule has 4 rings (SSSR count). The third-order valence-electron chi connectivity index (χ3n) is 4.50. The molecule has 2 N–H and O–H groups in total. The molecule has 0 amide bonds. The van der Waals surface area contributed by atoms with Gasteiger partial charge in [-0.15, -0.1) is 0 Å². The second-order valence-corrected chi connectivity index (χ2v) is 6.10. The van der Waals surface area contributed by atoms with Crippen LogP contribution in [0.3, 0.4) is 0 Å². The Bertz CT molecular complexity index is 1010. The zero-order valence-corrected chi connectivity index (χ0v) is 13.6. The van der Waals surface area contributed by atoms with Crippen molar-refractivity contribution in [3.05, 3.63) is 91.0 Å². The lowest BCUT2D eigenvalue weighted by Crippen LogP contribution is -2.30. The summed E-state index contributed by atoms with van der Waals surface area (Å²) in [5.41, 5.74) is 4.89. The van der Waals surface area contributed by atoms with Crippen LogP contribution in [0, 0.1) is 0 Å². The van der Waals surface area contributed by atoms with Crippen molar-refractivity contribution in [3.8, 4) is 22.3 Å². The van der Waals surface area contributed by atoms with E-state index in [0.29, 0.717) is 5.46 Å². The number of hydrogen-bond donors (Lipinski definition) is 2. The Morgan fingerprint density at radius 1 is 0.520 bits per heavy atom. The van der Waals surface area contributed by atoms with E-state index in [1.165, 1.54) is 5.56 Å². The Balaban J connectivity index is 1.79. The van der Waals surface area contributed by atoms with Crippen molar-refractivity contribution in [2.45, 2.75) is 0 Å². The summed E-state index contributed by atoms with van der Waals surface area (Å²) < 4.78 is 0. The SMILES string of the molecule is OB(O)c1cc(-c2ccc(-c3ccccc3)cc2)cc2ccccc12. The predicted molar refractivity (Wildman–Crippen MR) is 105 cm³/mol. The summed E-state index contributed by atoms with van der Waals surface area (Å²) in [5, 5.41) is 21.3. The summed E-state index contributed by atoms with van der Waals surface area (Å²) in [6.45, 7) is 0. The molecule has 0 aliphatic heterocycles. The maximum Gasteiger partial charge on any atom is 0.489 e. The largest absolute Gasteiger partial charge is 0.489 e. The molecule has 120 valence electrons.